The lowest BCUT2D eigenvalue weighted by Crippen LogP contribution is -2.50. The number of hydrogen-bond donors (Lipinski definition) is 4. The maximum Gasteiger partial charge on any atom is 0.325 e. The van der Waals surface area contributed by atoms with Crippen LogP contribution in [0.15, 0.2) is 18.2 Å². The molecular formula is C18H22F2N2O7. The van der Waals surface area contributed by atoms with Crippen LogP contribution in [0.2, 0.25) is 0 Å². The van der Waals surface area contributed by atoms with Gasteiger partial charge >= 0.3 is 5.97 Å². The molecule has 0 bridgehead atoms. The molecule has 0 aliphatic heterocycles. The highest BCUT2D eigenvalue weighted by molar-refractivity contribution is 5.94. The number of amides is 2. The van der Waals surface area contributed by atoms with Gasteiger partial charge in [-0.1, -0.05) is 0 Å². The summed E-state index contributed by atoms with van der Waals surface area (Å²) in [6.07, 6.45) is -0.196. The molecule has 1 aliphatic carbocycles. The predicted octanol–water partition coefficient (Wildman–Crippen LogP) is 0.214. The van der Waals surface area contributed by atoms with E-state index in [9.17, 15) is 28.3 Å². The Morgan fingerprint density at radius 1 is 1.28 bits per heavy atom. The van der Waals surface area contributed by atoms with Crippen molar-refractivity contribution in [2.45, 2.75) is 31.4 Å². The van der Waals surface area contributed by atoms with Crippen LogP contribution in [0.3, 0.4) is 0 Å². The van der Waals surface area contributed by atoms with Crippen LogP contribution in [0.1, 0.15) is 29.6 Å². The average molecular weight is 416 g/mol. The van der Waals surface area contributed by atoms with Crippen LogP contribution >= 0.6 is 0 Å². The Morgan fingerprint density at radius 2 is 1.93 bits per heavy atom. The first-order chi connectivity index (χ1) is 13.7. The third kappa shape index (κ3) is 7.45. The van der Waals surface area contributed by atoms with Gasteiger partial charge in [0.2, 0.25) is 5.91 Å². The highest BCUT2D eigenvalue weighted by atomic mass is 19.1. The number of carbonyl (C=O) groups excluding carboxylic acids is 3. The molecule has 2 rings (SSSR count). The monoisotopic (exact) mass is 416 g/mol. The number of carboxylic acid groups (broad SMARTS) is 1. The molecule has 11 heteroatoms. The molecular weight excluding hydrogens is 394 g/mol. The topological polar surface area (TPSA) is 142 Å². The number of hydrogen-bond acceptors (Lipinski definition) is 6. The number of rotatable bonds is 5. The Morgan fingerprint density at radius 3 is 2.55 bits per heavy atom. The van der Waals surface area contributed by atoms with E-state index in [-0.39, 0.29) is 25.9 Å². The Hall–Kier alpha value is -3.08. The second kappa shape index (κ2) is 11.7. The summed E-state index contributed by atoms with van der Waals surface area (Å²) in [6, 6.07) is 1.70. The number of aliphatic hydroxyl groups is 1. The van der Waals surface area contributed by atoms with Crippen molar-refractivity contribution in [2.24, 2.45) is 5.92 Å². The zero-order chi connectivity index (χ0) is 22.0. The maximum absolute atomic E-state index is 13.7. The van der Waals surface area contributed by atoms with Crippen molar-refractivity contribution in [3.63, 3.8) is 0 Å². The van der Waals surface area contributed by atoms with Crippen LogP contribution < -0.4 is 10.6 Å². The summed E-state index contributed by atoms with van der Waals surface area (Å²) < 4.78 is 31.3. The van der Waals surface area contributed by atoms with E-state index in [1.807, 2.05) is 0 Å². The van der Waals surface area contributed by atoms with Crippen LogP contribution in [0.25, 0.3) is 0 Å². The van der Waals surface area contributed by atoms with Gasteiger partial charge in [0.05, 0.1) is 24.8 Å². The van der Waals surface area contributed by atoms with Crippen LogP contribution in [0, 0.1) is 17.6 Å². The van der Waals surface area contributed by atoms with Gasteiger partial charge < -0.3 is 25.6 Å². The third-order valence-corrected chi connectivity index (χ3v) is 4.31. The molecule has 0 unspecified atom stereocenters. The number of nitrogens with one attached hydrogen (secondary N) is 2. The zero-order valence-electron chi connectivity index (χ0n) is 15.6. The summed E-state index contributed by atoms with van der Waals surface area (Å²) in [7, 11) is 1.20. The molecule has 1 fully saturated rings. The van der Waals surface area contributed by atoms with Gasteiger partial charge in [0.15, 0.2) is 0 Å². The van der Waals surface area contributed by atoms with E-state index in [2.05, 4.69) is 15.4 Å². The molecule has 1 aliphatic rings. The highest BCUT2D eigenvalue weighted by Crippen LogP contribution is 2.25. The molecule has 0 radical (unpaired) electrons. The fourth-order valence-electron chi connectivity index (χ4n) is 2.84. The average Bonchev–Trinajstić information content (AvgIpc) is 2.69. The Bertz CT molecular complexity index is 745. The summed E-state index contributed by atoms with van der Waals surface area (Å²) in [4.78, 5) is 43.7. The predicted molar refractivity (Wildman–Crippen MR) is 94.7 cm³/mol. The molecule has 2 amide bonds. The number of halogens is 2. The van der Waals surface area contributed by atoms with E-state index < -0.39 is 53.0 Å². The molecule has 160 valence electrons. The summed E-state index contributed by atoms with van der Waals surface area (Å²) >= 11 is 0. The van der Waals surface area contributed by atoms with Crippen LogP contribution in [0.4, 0.5) is 8.78 Å². The third-order valence-electron chi connectivity index (χ3n) is 4.31. The van der Waals surface area contributed by atoms with Gasteiger partial charge in [-0.25, -0.2) is 8.78 Å². The molecule has 1 aromatic carbocycles. The molecule has 4 N–H and O–H groups in total. The summed E-state index contributed by atoms with van der Waals surface area (Å²) in [6.45, 7) is -0.528. The Balaban J connectivity index is 0.00000132. The van der Waals surface area contributed by atoms with Crippen molar-refractivity contribution in [3.05, 3.63) is 35.4 Å². The molecule has 1 aromatic rings. The van der Waals surface area contributed by atoms with Gasteiger partial charge in [-0.15, -0.1) is 0 Å². The summed E-state index contributed by atoms with van der Waals surface area (Å²) in [5, 5.41) is 21.8. The van der Waals surface area contributed by atoms with Crippen molar-refractivity contribution in [3.8, 4) is 0 Å². The van der Waals surface area contributed by atoms with Crippen molar-refractivity contribution in [1.82, 2.24) is 10.6 Å². The van der Waals surface area contributed by atoms with Gasteiger partial charge in [-0.3, -0.25) is 19.2 Å². The molecule has 29 heavy (non-hydrogen) atoms. The van der Waals surface area contributed by atoms with E-state index in [0.717, 1.165) is 18.2 Å². The Labute approximate surface area is 165 Å². The van der Waals surface area contributed by atoms with Gasteiger partial charge in [0.25, 0.3) is 12.4 Å². The summed E-state index contributed by atoms with van der Waals surface area (Å²) in [5.41, 5.74) is -0.477. The Kier molecular flexibility index (Phi) is 9.66. The van der Waals surface area contributed by atoms with Crippen molar-refractivity contribution < 1.29 is 42.9 Å². The lowest BCUT2D eigenvalue weighted by atomic mass is 9.83. The minimum absolute atomic E-state index is 0.108. The van der Waals surface area contributed by atoms with Crippen LogP contribution in [0.5, 0.6) is 0 Å². The normalized spacial score (nSPS) is 20.5. The first kappa shape index (κ1) is 24.0. The van der Waals surface area contributed by atoms with E-state index in [0.29, 0.717) is 6.42 Å². The molecule has 1 saturated carbocycles. The zero-order valence-corrected chi connectivity index (χ0v) is 15.6. The van der Waals surface area contributed by atoms with Gasteiger partial charge in [-0.2, -0.15) is 0 Å². The second-order valence-electron chi connectivity index (χ2n) is 6.18. The SMILES string of the molecule is COC(=O)CNC(=O)[C@H]1CC[C@@H](O)[C@H](NC(=O)c2cc(F)ccc2F)C1.O=CO. The van der Waals surface area contributed by atoms with Crippen molar-refractivity contribution in [2.75, 3.05) is 13.7 Å². The van der Waals surface area contributed by atoms with Gasteiger partial charge in [-0.05, 0) is 37.5 Å². The van der Waals surface area contributed by atoms with E-state index >= 15 is 0 Å². The number of esters is 1. The standard InChI is InChI=1S/C17H20F2N2O5.CH2O2/c1-26-15(23)8-20-16(24)9-2-5-14(22)13(6-9)21-17(25)11-7-10(18)3-4-12(11)19;2-1-3/h3-4,7,9,13-14,22H,2,5-6,8H2,1H3,(H,20,24)(H,21,25);1H,(H,2,3)/t9-,13+,14+;/m0./s1. The molecule has 3 atom stereocenters. The van der Waals surface area contributed by atoms with Gasteiger partial charge in [0, 0.05) is 5.92 Å². The molecule has 0 spiro atoms. The van der Waals surface area contributed by atoms with Crippen LogP contribution in [-0.2, 0) is 19.1 Å². The first-order valence-corrected chi connectivity index (χ1v) is 8.59. The number of benzene rings is 1. The number of ether oxygens (including phenoxy) is 1. The maximum atomic E-state index is 13.7. The molecule has 9 nitrogen and oxygen atoms in total. The van der Waals surface area contributed by atoms with Gasteiger partial charge in [0.1, 0.15) is 18.2 Å². The highest BCUT2D eigenvalue weighted by Gasteiger charge is 2.34. The lowest BCUT2D eigenvalue weighted by molar-refractivity contribution is -0.141. The van der Waals surface area contributed by atoms with E-state index in [4.69, 9.17) is 9.90 Å². The van der Waals surface area contributed by atoms with E-state index in [1.165, 1.54) is 7.11 Å². The smallest absolute Gasteiger partial charge is 0.325 e. The minimum Gasteiger partial charge on any atom is -0.483 e. The minimum atomic E-state index is -0.916. The number of aliphatic hydroxyl groups excluding tert-OH is 1. The molecule has 0 heterocycles. The number of methoxy groups -OCH3 is 1. The second-order valence-corrected chi connectivity index (χ2v) is 6.18. The first-order valence-electron chi connectivity index (χ1n) is 8.59. The van der Waals surface area contributed by atoms with E-state index in [1.54, 1.807) is 0 Å². The van der Waals surface area contributed by atoms with Crippen molar-refractivity contribution >= 4 is 24.3 Å². The van der Waals surface area contributed by atoms with Crippen LogP contribution in [-0.4, -0.2) is 60.3 Å². The van der Waals surface area contributed by atoms with Crippen molar-refractivity contribution in [1.29, 1.82) is 0 Å². The lowest BCUT2D eigenvalue weighted by Gasteiger charge is -2.33. The molecule has 0 aromatic heterocycles. The largest absolute Gasteiger partial charge is 0.483 e. The number of carbonyl (C=O) groups is 4. The quantitative estimate of drug-likeness (QED) is 0.397. The molecule has 0 saturated heterocycles. The summed E-state index contributed by atoms with van der Waals surface area (Å²) in [5.74, 6) is -4.06. The fraction of sp³-hybridized carbons (Fsp3) is 0.444. The fourth-order valence-corrected chi connectivity index (χ4v) is 2.84.